The summed E-state index contributed by atoms with van der Waals surface area (Å²) >= 11 is -5.10. The van der Waals surface area contributed by atoms with Crippen molar-refractivity contribution in [2.24, 2.45) is 0 Å². The summed E-state index contributed by atoms with van der Waals surface area (Å²) in [5.74, 6) is -2.51. The second-order valence-electron chi connectivity index (χ2n) is 12.8. The van der Waals surface area contributed by atoms with Gasteiger partial charge in [0.05, 0.1) is 0 Å². The quantitative estimate of drug-likeness (QED) is 0.137. The van der Waals surface area contributed by atoms with E-state index >= 15 is 0 Å². The van der Waals surface area contributed by atoms with E-state index in [9.17, 15) is 26.3 Å². The van der Waals surface area contributed by atoms with E-state index in [0.29, 0.717) is 11.1 Å². The predicted molar refractivity (Wildman–Crippen MR) is 180 cm³/mol. The number of rotatable bonds is 7. The fraction of sp³-hybridized carbons (Fsp3) is 0.222. The Kier molecular flexibility index (Phi) is 8.92. The van der Waals surface area contributed by atoms with E-state index in [4.69, 9.17) is 17.0 Å². The molecule has 0 aliphatic heterocycles. The molecule has 0 N–H and O–H groups in total. The third-order valence-corrected chi connectivity index (χ3v) is 61.8. The van der Waals surface area contributed by atoms with Gasteiger partial charge in [0.2, 0.25) is 0 Å². The van der Waals surface area contributed by atoms with Crippen LogP contribution >= 0.6 is 17.0 Å². The first kappa shape index (κ1) is 35.1. The molecule has 0 amide bonds. The van der Waals surface area contributed by atoms with Crippen LogP contribution in [0.25, 0.3) is 34.4 Å². The molecular formula is C36H31Cl2F6O2SiZr. The van der Waals surface area contributed by atoms with Crippen molar-refractivity contribution in [1.29, 1.82) is 0 Å². The molecule has 0 bridgehead atoms. The van der Waals surface area contributed by atoms with Crippen molar-refractivity contribution >= 4 is 35.1 Å². The molecule has 0 fully saturated rings. The molecule has 251 valence electrons. The Labute approximate surface area is 283 Å². The Bertz CT molecular complexity index is 1850. The molecule has 0 aromatic heterocycles. The van der Waals surface area contributed by atoms with Crippen molar-refractivity contribution < 1.29 is 51.4 Å². The average Bonchev–Trinajstić information content (AvgIpc) is 3.52. The fourth-order valence-electron chi connectivity index (χ4n) is 7.63. The van der Waals surface area contributed by atoms with Crippen LogP contribution in [0.4, 0.5) is 26.3 Å². The molecule has 0 radical (unpaired) electrons. The van der Waals surface area contributed by atoms with E-state index in [1.54, 1.807) is 12.1 Å². The average molecular weight is 800 g/mol. The van der Waals surface area contributed by atoms with Crippen LogP contribution in [0.1, 0.15) is 43.4 Å². The van der Waals surface area contributed by atoms with Crippen LogP contribution in [-0.4, -0.2) is 18.6 Å². The van der Waals surface area contributed by atoms with Gasteiger partial charge in [0, 0.05) is 0 Å². The molecule has 2 aliphatic carbocycles. The van der Waals surface area contributed by atoms with Gasteiger partial charge in [0.1, 0.15) is 0 Å². The number of ether oxygens (including phenoxy) is 2. The molecule has 2 aliphatic rings. The third kappa shape index (κ3) is 6.23. The van der Waals surface area contributed by atoms with Crippen molar-refractivity contribution in [1.82, 2.24) is 0 Å². The van der Waals surface area contributed by atoms with Crippen molar-refractivity contribution in [3.63, 3.8) is 0 Å². The summed E-state index contributed by atoms with van der Waals surface area (Å²) in [5, 5.41) is 0. The Hall–Kier alpha value is -2.78. The second kappa shape index (κ2) is 12.2. The normalized spacial score (nSPS) is 18.5. The van der Waals surface area contributed by atoms with Gasteiger partial charge in [-0.1, -0.05) is 0 Å². The molecule has 0 saturated heterocycles. The standard InChI is InChI=1S/2C17H12F3O.C2H7Si.2ClH.Zr/c2*1-11-8-12-5-3-7-15(16(12)9-11)13-4-2-6-14(10-13)21-17(18,19)20;1-3-2;;;/h2*2-10H,1H3;3H,1-2H3;2*1H;/q;;;;;+2/p-2. The van der Waals surface area contributed by atoms with Crippen molar-refractivity contribution in [2.75, 3.05) is 0 Å². The van der Waals surface area contributed by atoms with Crippen LogP contribution in [0, 0.1) is 0 Å². The van der Waals surface area contributed by atoms with Crippen molar-refractivity contribution in [3.8, 4) is 33.8 Å². The molecule has 12 heteroatoms. The molecule has 2 atom stereocenters. The maximum atomic E-state index is 13.0. The number of fused-ring (bicyclic) bond motifs is 2. The summed E-state index contributed by atoms with van der Waals surface area (Å²) in [7, 11) is 16.5. The van der Waals surface area contributed by atoms with E-state index < -0.39 is 34.2 Å². The summed E-state index contributed by atoms with van der Waals surface area (Å²) in [6.07, 6.45) is -5.53. The van der Waals surface area contributed by atoms with Crippen LogP contribution < -0.4 is 9.47 Å². The van der Waals surface area contributed by atoms with Gasteiger partial charge in [0.15, 0.2) is 0 Å². The van der Waals surface area contributed by atoms with Gasteiger partial charge >= 0.3 is 285 Å². The zero-order valence-corrected chi connectivity index (χ0v) is 31.4. The SMILES string of the molecule is CC1=Cc2c(-c3cccc(OC(F)(F)F)c3)cccc2[CH]1[Zr]([Cl])([Cl])([CH]1C(C)=Cc2c(-c3cccc(OC(F)(F)F)c3)cccc21)[SiH](C)C. The molecule has 2 unspecified atom stereocenters. The van der Waals surface area contributed by atoms with Gasteiger partial charge in [-0.05, 0) is 0 Å². The second-order valence-corrected chi connectivity index (χ2v) is 55.3. The topological polar surface area (TPSA) is 18.5 Å². The molecular weight excluding hydrogens is 769 g/mol. The summed E-state index contributed by atoms with van der Waals surface area (Å²) in [4.78, 5) is 0. The first-order valence-corrected chi connectivity index (χ1v) is 31.6. The molecule has 4 aromatic carbocycles. The van der Waals surface area contributed by atoms with Crippen LogP contribution in [0.5, 0.6) is 11.5 Å². The van der Waals surface area contributed by atoms with E-state index in [2.05, 4.69) is 34.7 Å². The first-order valence-electron chi connectivity index (χ1n) is 15.3. The number of halogens is 8. The molecule has 2 nitrogen and oxygen atoms in total. The summed E-state index contributed by atoms with van der Waals surface area (Å²) in [6.45, 7) is 8.41. The minimum absolute atomic E-state index is 0.266. The summed E-state index contributed by atoms with van der Waals surface area (Å²) in [5.41, 5.74) is 8.31. The number of allylic oxidation sites excluding steroid dienone is 2. The van der Waals surface area contributed by atoms with Gasteiger partial charge in [-0.2, -0.15) is 0 Å². The molecule has 6 rings (SSSR count). The van der Waals surface area contributed by atoms with Crippen LogP contribution in [0.2, 0.25) is 13.1 Å². The van der Waals surface area contributed by atoms with Crippen LogP contribution in [0.15, 0.2) is 96.1 Å². The first-order chi connectivity index (χ1) is 22.4. The van der Waals surface area contributed by atoms with E-state index in [1.165, 1.54) is 36.4 Å². The minimum atomic E-state index is -5.10. The van der Waals surface area contributed by atoms with Gasteiger partial charge in [-0.15, -0.1) is 0 Å². The molecule has 48 heavy (non-hydrogen) atoms. The maximum absolute atomic E-state index is 13.0. The van der Waals surface area contributed by atoms with E-state index in [-0.39, 0.29) is 18.8 Å². The van der Waals surface area contributed by atoms with Gasteiger partial charge < -0.3 is 0 Å². The summed E-state index contributed by atoms with van der Waals surface area (Å²) in [6, 6.07) is 23.4. The van der Waals surface area contributed by atoms with Crippen LogP contribution in [0.3, 0.4) is 0 Å². The Balaban J connectivity index is 1.47. The molecule has 4 aromatic rings. The number of alkyl halides is 6. The third-order valence-electron chi connectivity index (χ3n) is 9.52. The summed E-state index contributed by atoms with van der Waals surface area (Å²) < 4.78 is 86.0. The van der Waals surface area contributed by atoms with Crippen LogP contribution in [-0.2, 0) is 15.6 Å². The Morgan fingerprint density at radius 3 is 1.33 bits per heavy atom. The van der Waals surface area contributed by atoms with Gasteiger partial charge in [0.25, 0.3) is 0 Å². The number of benzene rings is 4. The zero-order chi connectivity index (χ0) is 34.8. The van der Waals surface area contributed by atoms with Gasteiger partial charge in [-0.3, -0.25) is 0 Å². The number of hydrogen-bond acceptors (Lipinski definition) is 2. The Morgan fingerprint density at radius 1 is 0.604 bits per heavy atom. The zero-order valence-electron chi connectivity index (χ0n) is 26.3. The van der Waals surface area contributed by atoms with Gasteiger partial charge in [-0.25, -0.2) is 0 Å². The van der Waals surface area contributed by atoms with Crippen molar-refractivity contribution in [2.45, 2.75) is 46.9 Å². The number of hydrogen-bond donors (Lipinski definition) is 0. The van der Waals surface area contributed by atoms with E-state index in [0.717, 1.165) is 44.5 Å². The molecule has 0 spiro atoms. The van der Waals surface area contributed by atoms with Crippen molar-refractivity contribution in [3.05, 3.63) is 118 Å². The predicted octanol–water partition coefficient (Wildman–Crippen LogP) is 12.4. The van der Waals surface area contributed by atoms with E-state index in [1.807, 2.05) is 50.2 Å². The molecule has 0 saturated carbocycles. The molecule has 0 heterocycles. The Morgan fingerprint density at radius 2 is 0.979 bits per heavy atom. The fourth-order valence-corrected chi connectivity index (χ4v) is 40.5. The monoisotopic (exact) mass is 797 g/mol.